The molecule has 4 nitrogen and oxygen atoms in total. The van der Waals surface area contributed by atoms with Crippen LogP contribution in [-0.2, 0) is 9.53 Å². The van der Waals surface area contributed by atoms with Crippen molar-refractivity contribution in [3.8, 4) is 0 Å². The monoisotopic (exact) mass is 268 g/mol. The maximum absolute atomic E-state index is 11.6. The normalized spacial score (nSPS) is 26.2. The number of ether oxygens (including phenoxy) is 1. The molecule has 2 saturated heterocycles. The molecular weight excluding hydrogens is 240 g/mol. The Morgan fingerprint density at radius 3 is 2.58 bits per heavy atom. The molecule has 2 aliphatic heterocycles. The first-order valence-electron chi connectivity index (χ1n) is 7.76. The van der Waals surface area contributed by atoms with Gasteiger partial charge in [-0.2, -0.15) is 0 Å². The van der Waals surface area contributed by atoms with Crippen molar-refractivity contribution >= 4 is 5.78 Å². The second kappa shape index (κ2) is 7.36. The van der Waals surface area contributed by atoms with E-state index in [0.29, 0.717) is 24.4 Å². The SMILES string of the molecule is CC(C)C(=O)CCN1CCC(OC2CCNC2)CC1. The molecule has 0 aromatic rings. The largest absolute Gasteiger partial charge is 0.374 e. The van der Waals surface area contributed by atoms with Crippen molar-refractivity contribution in [3.05, 3.63) is 0 Å². The fraction of sp³-hybridized carbons (Fsp3) is 0.933. The molecule has 0 bridgehead atoms. The molecule has 0 radical (unpaired) electrons. The molecule has 110 valence electrons. The Morgan fingerprint density at radius 1 is 1.26 bits per heavy atom. The van der Waals surface area contributed by atoms with Gasteiger partial charge < -0.3 is 15.0 Å². The lowest BCUT2D eigenvalue weighted by molar-refractivity contribution is -0.122. The van der Waals surface area contributed by atoms with E-state index in [1.807, 2.05) is 13.8 Å². The molecular formula is C15H28N2O2. The molecule has 19 heavy (non-hydrogen) atoms. The molecule has 2 rings (SSSR count). The average molecular weight is 268 g/mol. The number of nitrogens with zero attached hydrogens (tertiary/aromatic N) is 1. The van der Waals surface area contributed by atoms with Gasteiger partial charge in [-0.05, 0) is 25.8 Å². The molecule has 4 heteroatoms. The minimum Gasteiger partial charge on any atom is -0.374 e. The molecule has 1 unspecified atom stereocenters. The van der Waals surface area contributed by atoms with Crippen molar-refractivity contribution in [1.29, 1.82) is 0 Å². The Labute approximate surface area is 116 Å². The van der Waals surface area contributed by atoms with Gasteiger partial charge in [-0.15, -0.1) is 0 Å². The molecule has 0 amide bonds. The highest BCUT2D eigenvalue weighted by molar-refractivity contribution is 5.80. The van der Waals surface area contributed by atoms with E-state index in [1.165, 1.54) is 0 Å². The average Bonchev–Trinajstić information content (AvgIpc) is 2.90. The van der Waals surface area contributed by atoms with Crippen LogP contribution in [0.15, 0.2) is 0 Å². The van der Waals surface area contributed by atoms with Gasteiger partial charge in [0.25, 0.3) is 0 Å². The lowest BCUT2D eigenvalue weighted by Gasteiger charge is -2.33. The van der Waals surface area contributed by atoms with Gasteiger partial charge in [0.15, 0.2) is 0 Å². The number of hydrogen-bond acceptors (Lipinski definition) is 4. The van der Waals surface area contributed by atoms with Gasteiger partial charge in [0.05, 0.1) is 12.2 Å². The number of carbonyl (C=O) groups excluding carboxylic acids is 1. The maximum Gasteiger partial charge on any atom is 0.136 e. The van der Waals surface area contributed by atoms with Crippen molar-refractivity contribution < 1.29 is 9.53 Å². The van der Waals surface area contributed by atoms with Gasteiger partial charge in [-0.25, -0.2) is 0 Å². The lowest BCUT2D eigenvalue weighted by Crippen LogP contribution is -2.39. The highest BCUT2D eigenvalue weighted by Crippen LogP contribution is 2.18. The van der Waals surface area contributed by atoms with Crippen LogP contribution in [0.3, 0.4) is 0 Å². The van der Waals surface area contributed by atoms with Crippen molar-refractivity contribution in [3.63, 3.8) is 0 Å². The molecule has 0 saturated carbocycles. The van der Waals surface area contributed by atoms with Gasteiger partial charge in [-0.3, -0.25) is 4.79 Å². The summed E-state index contributed by atoms with van der Waals surface area (Å²) < 4.78 is 6.11. The molecule has 1 N–H and O–H groups in total. The number of likely N-dealkylation sites (tertiary alicyclic amines) is 1. The highest BCUT2D eigenvalue weighted by Gasteiger charge is 2.24. The Morgan fingerprint density at radius 2 is 2.00 bits per heavy atom. The molecule has 2 fully saturated rings. The third-order valence-corrected chi connectivity index (χ3v) is 4.25. The first-order chi connectivity index (χ1) is 9.15. The molecule has 1 atom stereocenters. The van der Waals surface area contributed by atoms with Crippen LogP contribution < -0.4 is 5.32 Å². The topological polar surface area (TPSA) is 41.6 Å². The Balaban J connectivity index is 1.60. The van der Waals surface area contributed by atoms with Gasteiger partial charge in [-0.1, -0.05) is 13.8 Å². The van der Waals surface area contributed by atoms with Crippen LogP contribution in [0.25, 0.3) is 0 Å². The third-order valence-electron chi connectivity index (χ3n) is 4.25. The summed E-state index contributed by atoms with van der Waals surface area (Å²) in [6.45, 7) is 9.17. The zero-order chi connectivity index (χ0) is 13.7. The standard InChI is InChI=1S/C15H28N2O2/c1-12(2)15(18)6-10-17-8-4-13(5-9-17)19-14-3-7-16-11-14/h12-14,16H,3-11H2,1-2H3. The predicted molar refractivity (Wildman–Crippen MR) is 76.3 cm³/mol. The summed E-state index contributed by atoms with van der Waals surface area (Å²) >= 11 is 0. The number of piperidine rings is 1. The van der Waals surface area contributed by atoms with Crippen molar-refractivity contribution in [2.45, 2.75) is 51.7 Å². The van der Waals surface area contributed by atoms with Crippen LogP contribution >= 0.6 is 0 Å². The van der Waals surface area contributed by atoms with E-state index >= 15 is 0 Å². The summed E-state index contributed by atoms with van der Waals surface area (Å²) in [7, 11) is 0. The van der Waals surface area contributed by atoms with E-state index < -0.39 is 0 Å². The van der Waals surface area contributed by atoms with E-state index in [-0.39, 0.29) is 5.92 Å². The molecule has 0 aromatic heterocycles. The summed E-state index contributed by atoms with van der Waals surface area (Å²) in [6.07, 6.45) is 4.96. The summed E-state index contributed by atoms with van der Waals surface area (Å²) in [4.78, 5) is 14.0. The van der Waals surface area contributed by atoms with Crippen LogP contribution in [0.1, 0.15) is 39.5 Å². The first-order valence-corrected chi connectivity index (χ1v) is 7.76. The van der Waals surface area contributed by atoms with Crippen LogP contribution in [0.5, 0.6) is 0 Å². The molecule has 0 spiro atoms. The Hall–Kier alpha value is -0.450. The van der Waals surface area contributed by atoms with Crippen LogP contribution in [0.4, 0.5) is 0 Å². The van der Waals surface area contributed by atoms with E-state index in [0.717, 1.165) is 52.0 Å². The fourth-order valence-electron chi connectivity index (χ4n) is 2.84. The lowest BCUT2D eigenvalue weighted by atomic mass is 10.0. The predicted octanol–water partition coefficient (Wildman–Crippen LogP) is 1.44. The summed E-state index contributed by atoms with van der Waals surface area (Å²) in [6, 6.07) is 0. The Bertz CT molecular complexity index is 280. The number of ketones is 1. The van der Waals surface area contributed by atoms with E-state index in [2.05, 4.69) is 10.2 Å². The van der Waals surface area contributed by atoms with Crippen LogP contribution in [0, 0.1) is 5.92 Å². The number of nitrogens with one attached hydrogen (secondary N) is 1. The maximum atomic E-state index is 11.6. The van der Waals surface area contributed by atoms with Gasteiger partial charge in [0.2, 0.25) is 0 Å². The molecule has 0 aliphatic carbocycles. The van der Waals surface area contributed by atoms with Gasteiger partial charge in [0.1, 0.15) is 5.78 Å². The zero-order valence-corrected chi connectivity index (χ0v) is 12.4. The number of hydrogen-bond donors (Lipinski definition) is 1. The highest BCUT2D eigenvalue weighted by atomic mass is 16.5. The van der Waals surface area contributed by atoms with E-state index in [4.69, 9.17) is 4.74 Å². The molecule has 2 heterocycles. The number of rotatable bonds is 6. The Kier molecular flexibility index (Phi) is 5.79. The summed E-state index contributed by atoms with van der Waals surface area (Å²) in [5.74, 6) is 0.561. The van der Waals surface area contributed by atoms with Gasteiger partial charge in [0, 0.05) is 38.5 Å². The second-order valence-corrected chi connectivity index (χ2v) is 6.16. The minimum absolute atomic E-state index is 0.177. The quantitative estimate of drug-likeness (QED) is 0.791. The fourth-order valence-corrected chi connectivity index (χ4v) is 2.84. The smallest absolute Gasteiger partial charge is 0.136 e. The van der Waals surface area contributed by atoms with E-state index in [9.17, 15) is 4.79 Å². The molecule has 2 aliphatic rings. The first kappa shape index (κ1) is 14.9. The number of Topliss-reactive ketones (excluding diaryl/α,β-unsaturated/α-hetero) is 1. The van der Waals surface area contributed by atoms with Crippen molar-refractivity contribution in [2.75, 3.05) is 32.7 Å². The number of carbonyl (C=O) groups is 1. The van der Waals surface area contributed by atoms with Crippen molar-refractivity contribution in [2.24, 2.45) is 5.92 Å². The van der Waals surface area contributed by atoms with Crippen LogP contribution in [0.2, 0.25) is 0 Å². The van der Waals surface area contributed by atoms with Crippen molar-refractivity contribution in [1.82, 2.24) is 10.2 Å². The summed E-state index contributed by atoms with van der Waals surface area (Å²) in [5, 5.41) is 3.34. The second-order valence-electron chi connectivity index (χ2n) is 6.16. The van der Waals surface area contributed by atoms with Gasteiger partial charge >= 0.3 is 0 Å². The minimum atomic E-state index is 0.177. The molecule has 0 aromatic carbocycles. The third kappa shape index (κ3) is 4.86. The zero-order valence-electron chi connectivity index (χ0n) is 12.4. The van der Waals surface area contributed by atoms with E-state index in [1.54, 1.807) is 0 Å². The van der Waals surface area contributed by atoms with Crippen LogP contribution in [-0.4, -0.2) is 55.6 Å². The summed E-state index contributed by atoms with van der Waals surface area (Å²) in [5.41, 5.74) is 0.